The maximum absolute atomic E-state index is 14.3. The lowest BCUT2D eigenvalue weighted by Crippen LogP contribution is -2.44. The molecular weight excluding hydrogens is 491 g/mol. The minimum Gasteiger partial charge on any atom is -0.442 e. The highest BCUT2D eigenvalue weighted by atomic mass is 35.5. The highest BCUT2D eigenvalue weighted by Crippen LogP contribution is 2.30. The van der Waals surface area contributed by atoms with Crippen molar-refractivity contribution in [1.82, 2.24) is 14.5 Å². The molecule has 0 bridgehead atoms. The number of hydrogen-bond acceptors (Lipinski definition) is 9. The maximum Gasteiger partial charge on any atom is 0.336 e. The van der Waals surface area contributed by atoms with Gasteiger partial charge in [-0.2, -0.15) is 4.39 Å². The van der Waals surface area contributed by atoms with Crippen LogP contribution in [0.1, 0.15) is 18.2 Å². The molecule has 35 heavy (non-hydrogen) atoms. The molecule has 1 amide bonds. The lowest BCUT2D eigenvalue weighted by molar-refractivity contribution is -0.147. The number of nitrogens with zero attached hydrogens (tertiary/aromatic N) is 2. The SMILES string of the molecule is NCC(=O)NCC(=O)OCn1c(=O)c(F)cn([C@H]2C[C@H](OCc3ccc(Cl)cc3)[C@@H](CO)O2)c1=O. The standard InChI is InChI=1S/C21H24ClFN4O8/c22-13-3-1-12(2-4-13)10-33-15-5-18(35-16(15)9-28)26-8-14(23)20(31)27(21(26)32)11-34-19(30)7-25-17(29)6-24/h1-4,8,15-16,18,28H,5-7,9-11,24H2,(H,25,29)/t15-,16+,18+/m0/s1. The normalized spacial score (nSPS) is 19.5. The van der Waals surface area contributed by atoms with Crippen LogP contribution in [0.25, 0.3) is 0 Å². The topological polar surface area (TPSA) is 164 Å². The Labute approximate surface area is 202 Å². The molecule has 1 aromatic heterocycles. The number of benzene rings is 1. The average Bonchev–Trinajstić information content (AvgIpc) is 3.27. The summed E-state index contributed by atoms with van der Waals surface area (Å²) in [4.78, 5) is 47.8. The van der Waals surface area contributed by atoms with Crippen molar-refractivity contribution in [3.8, 4) is 0 Å². The van der Waals surface area contributed by atoms with Gasteiger partial charge in [-0.3, -0.25) is 19.0 Å². The van der Waals surface area contributed by atoms with E-state index in [4.69, 9.17) is 31.5 Å². The van der Waals surface area contributed by atoms with Crippen LogP contribution in [0.5, 0.6) is 0 Å². The molecule has 1 aliphatic heterocycles. The predicted octanol–water partition coefficient (Wildman–Crippen LogP) is -0.757. The van der Waals surface area contributed by atoms with Gasteiger partial charge in [0.25, 0.3) is 5.56 Å². The Morgan fingerprint density at radius 1 is 1.29 bits per heavy atom. The number of hydrogen-bond donors (Lipinski definition) is 3. The Balaban J connectivity index is 1.71. The molecule has 1 saturated heterocycles. The van der Waals surface area contributed by atoms with E-state index in [9.17, 15) is 28.7 Å². The fourth-order valence-electron chi connectivity index (χ4n) is 3.33. The summed E-state index contributed by atoms with van der Waals surface area (Å²) in [5.41, 5.74) is 3.61. The number of ether oxygens (including phenoxy) is 3. The number of nitrogens with one attached hydrogen (secondary N) is 1. The van der Waals surface area contributed by atoms with Crippen molar-refractivity contribution in [3.05, 3.63) is 67.7 Å². The average molecular weight is 515 g/mol. The first kappa shape index (κ1) is 26.5. The van der Waals surface area contributed by atoms with Gasteiger partial charge >= 0.3 is 11.7 Å². The highest BCUT2D eigenvalue weighted by molar-refractivity contribution is 6.30. The number of nitrogens with two attached hydrogens (primary N) is 1. The molecule has 1 fully saturated rings. The first-order valence-electron chi connectivity index (χ1n) is 10.5. The van der Waals surface area contributed by atoms with Gasteiger partial charge in [-0.1, -0.05) is 23.7 Å². The number of carbonyl (C=O) groups is 2. The molecule has 3 atom stereocenters. The monoisotopic (exact) mass is 514 g/mol. The summed E-state index contributed by atoms with van der Waals surface area (Å²) in [6, 6.07) is 6.93. The van der Waals surface area contributed by atoms with E-state index >= 15 is 0 Å². The summed E-state index contributed by atoms with van der Waals surface area (Å²) in [7, 11) is 0. The van der Waals surface area contributed by atoms with Gasteiger partial charge in [0.15, 0.2) is 6.73 Å². The van der Waals surface area contributed by atoms with Gasteiger partial charge < -0.3 is 30.4 Å². The summed E-state index contributed by atoms with van der Waals surface area (Å²) < 4.78 is 31.8. The molecular formula is C21H24ClFN4O8. The minimum atomic E-state index is -1.31. The van der Waals surface area contributed by atoms with E-state index < -0.39 is 67.3 Å². The molecule has 0 aliphatic carbocycles. The van der Waals surface area contributed by atoms with E-state index in [1.54, 1.807) is 24.3 Å². The maximum atomic E-state index is 14.3. The molecule has 0 unspecified atom stereocenters. The van der Waals surface area contributed by atoms with Gasteiger partial charge in [0.2, 0.25) is 11.7 Å². The first-order chi connectivity index (χ1) is 16.7. The van der Waals surface area contributed by atoms with Crippen LogP contribution in [0.4, 0.5) is 4.39 Å². The predicted molar refractivity (Wildman–Crippen MR) is 119 cm³/mol. The van der Waals surface area contributed by atoms with Crippen molar-refractivity contribution in [2.45, 2.75) is 38.2 Å². The molecule has 3 rings (SSSR count). The smallest absolute Gasteiger partial charge is 0.336 e. The van der Waals surface area contributed by atoms with Gasteiger partial charge in [-0.15, -0.1) is 0 Å². The third-order valence-electron chi connectivity index (χ3n) is 5.17. The van der Waals surface area contributed by atoms with Crippen LogP contribution in [0.2, 0.25) is 5.02 Å². The molecule has 190 valence electrons. The highest BCUT2D eigenvalue weighted by Gasteiger charge is 2.37. The Bertz CT molecular complexity index is 1170. The second-order valence-electron chi connectivity index (χ2n) is 7.55. The second kappa shape index (κ2) is 12.0. The summed E-state index contributed by atoms with van der Waals surface area (Å²) in [5.74, 6) is -2.87. The summed E-state index contributed by atoms with van der Waals surface area (Å²) in [6.07, 6.45) is -1.76. The number of aliphatic hydroxyl groups is 1. The van der Waals surface area contributed by atoms with Crippen molar-refractivity contribution < 1.29 is 33.3 Å². The van der Waals surface area contributed by atoms with E-state index in [1.165, 1.54) is 0 Å². The molecule has 2 heterocycles. The Morgan fingerprint density at radius 3 is 2.66 bits per heavy atom. The van der Waals surface area contributed by atoms with Crippen LogP contribution >= 0.6 is 11.6 Å². The largest absolute Gasteiger partial charge is 0.442 e. The van der Waals surface area contributed by atoms with Crippen LogP contribution in [-0.2, 0) is 37.1 Å². The van der Waals surface area contributed by atoms with E-state index in [0.717, 1.165) is 10.1 Å². The summed E-state index contributed by atoms with van der Waals surface area (Å²) >= 11 is 5.87. The van der Waals surface area contributed by atoms with Crippen molar-refractivity contribution in [2.75, 3.05) is 19.7 Å². The van der Waals surface area contributed by atoms with Gasteiger partial charge in [-0.05, 0) is 17.7 Å². The van der Waals surface area contributed by atoms with Crippen LogP contribution in [-0.4, -0.2) is 58.0 Å². The third-order valence-corrected chi connectivity index (χ3v) is 5.42. The first-order valence-corrected chi connectivity index (χ1v) is 10.9. The van der Waals surface area contributed by atoms with Crippen LogP contribution in [0.3, 0.4) is 0 Å². The fourth-order valence-corrected chi connectivity index (χ4v) is 3.46. The van der Waals surface area contributed by atoms with Crippen molar-refractivity contribution >= 4 is 23.5 Å². The number of esters is 1. The zero-order valence-electron chi connectivity index (χ0n) is 18.4. The molecule has 2 aromatic rings. The lowest BCUT2D eigenvalue weighted by Gasteiger charge is -2.17. The number of rotatable bonds is 10. The van der Waals surface area contributed by atoms with Gasteiger partial charge in [-0.25, -0.2) is 9.36 Å². The van der Waals surface area contributed by atoms with Gasteiger partial charge in [0.1, 0.15) is 18.9 Å². The van der Waals surface area contributed by atoms with Gasteiger partial charge in [0.05, 0.1) is 32.1 Å². The van der Waals surface area contributed by atoms with Crippen LogP contribution in [0.15, 0.2) is 40.1 Å². The molecule has 1 aromatic carbocycles. The third kappa shape index (κ3) is 6.74. The Morgan fingerprint density at radius 2 is 2.00 bits per heavy atom. The quantitative estimate of drug-likeness (QED) is 0.346. The number of carbonyl (C=O) groups excluding carboxylic acids is 2. The Kier molecular flexibility index (Phi) is 9.12. The second-order valence-corrected chi connectivity index (χ2v) is 7.99. The zero-order valence-corrected chi connectivity index (χ0v) is 19.2. The van der Waals surface area contributed by atoms with E-state index in [2.05, 4.69) is 5.32 Å². The number of aromatic nitrogens is 2. The summed E-state index contributed by atoms with van der Waals surface area (Å²) in [6.45, 7) is -2.04. The van der Waals surface area contributed by atoms with E-state index in [1.807, 2.05) is 0 Å². The van der Waals surface area contributed by atoms with Crippen LogP contribution < -0.4 is 22.3 Å². The van der Waals surface area contributed by atoms with Crippen molar-refractivity contribution in [3.63, 3.8) is 0 Å². The summed E-state index contributed by atoms with van der Waals surface area (Å²) in [5, 5.41) is 12.4. The molecule has 0 radical (unpaired) electrons. The molecule has 14 heteroatoms. The van der Waals surface area contributed by atoms with Crippen molar-refractivity contribution in [1.29, 1.82) is 0 Å². The zero-order chi connectivity index (χ0) is 25.5. The van der Waals surface area contributed by atoms with Crippen molar-refractivity contribution in [2.24, 2.45) is 5.73 Å². The van der Waals surface area contributed by atoms with E-state index in [0.29, 0.717) is 15.8 Å². The molecule has 0 spiro atoms. The van der Waals surface area contributed by atoms with E-state index in [-0.39, 0.29) is 19.6 Å². The molecule has 4 N–H and O–H groups in total. The van der Waals surface area contributed by atoms with Crippen LogP contribution in [0, 0.1) is 5.82 Å². The minimum absolute atomic E-state index is 0.0707. The molecule has 0 saturated carbocycles. The molecule has 12 nitrogen and oxygen atoms in total. The Hall–Kier alpha value is -3.10. The number of amides is 1. The number of aliphatic hydroxyl groups excluding tert-OH is 1. The lowest BCUT2D eigenvalue weighted by atomic mass is 10.1. The molecule has 1 aliphatic rings. The fraction of sp³-hybridized carbons (Fsp3) is 0.429. The number of halogens is 2. The van der Waals surface area contributed by atoms with Gasteiger partial charge in [0, 0.05) is 11.4 Å².